The summed E-state index contributed by atoms with van der Waals surface area (Å²) in [6.07, 6.45) is 0. The van der Waals surface area contributed by atoms with Gasteiger partial charge in [-0.2, -0.15) is 0 Å². The number of para-hydroxylation sites is 2. The smallest absolute Gasteiger partial charge is 0.258 e. The summed E-state index contributed by atoms with van der Waals surface area (Å²) >= 11 is 0. The van der Waals surface area contributed by atoms with Gasteiger partial charge in [-0.05, 0) is 25.1 Å². The number of amides is 1. The van der Waals surface area contributed by atoms with Crippen molar-refractivity contribution in [1.82, 2.24) is 4.90 Å². The van der Waals surface area contributed by atoms with Crippen LogP contribution in [0.4, 0.5) is 0 Å². The third kappa shape index (κ3) is 2.64. The molecule has 0 N–H and O–H groups in total. The summed E-state index contributed by atoms with van der Waals surface area (Å²) < 4.78 is 11.5. The molecule has 1 amide bonds. The Morgan fingerprint density at radius 3 is 2.62 bits per heavy atom. The normalized spacial score (nSPS) is 14.6. The van der Waals surface area contributed by atoms with Crippen molar-refractivity contribution in [3.8, 4) is 5.75 Å². The van der Waals surface area contributed by atoms with Crippen molar-refractivity contribution in [2.75, 3.05) is 19.7 Å². The average molecular weight is 321 g/mol. The zero-order chi connectivity index (χ0) is 16.5. The molecule has 2 heterocycles. The summed E-state index contributed by atoms with van der Waals surface area (Å²) in [6.45, 7) is 3.94. The maximum atomic E-state index is 12.8. The second-order valence-electron chi connectivity index (χ2n) is 6.23. The molecule has 1 aliphatic heterocycles. The highest BCUT2D eigenvalue weighted by atomic mass is 16.5. The van der Waals surface area contributed by atoms with E-state index in [2.05, 4.69) is 0 Å². The third-order valence-corrected chi connectivity index (χ3v) is 4.46. The number of nitrogens with zero attached hydrogens (tertiary/aromatic N) is 1. The van der Waals surface area contributed by atoms with E-state index in [0.29, 0.717) is 23.8 Å². The van der Waals surface area contributed by atoms with Gasteiger partial charge in [0.2, 0.25) is 0 Å². The lowest BCUT2D eigenvalue weighted by molar-refractivity contribution is 0.0393. The number of rotatable bonds is 4. The molecule has 0 radical (unpaired) electrons. The molecule has 0 bridgehead atoms. The summed E-state index contributed by atoms with van der Waals surface area (Å²) in [7, 11) is 0. The lowest BCUT2D eigenvalue weighted by atomic mass is 9.99. The highest BCUT2D eigenvalue weighted by molar-refractivity contribution is 6.07. The molecule has 0 unspecified atom stereocenters. The van der Waals surface area contributed by atoms with Crippen LogP contribution in [0.2, 0.25) is 0 Å². The molecule has 4 heteroatoms. The molecule has 0 atom stereocenters. The Labute approximate surface area is 140 Å². The van der Waals surface area contributed by atoms with Crippen molar-refractivity contribution < 1.29 is 13.9 Å². The van der Waals surface area contributed by atoms with Crippen LogP contribution in [0.3, 0.4) is 0 Å². The van der Waals surface area contributed by atoms with Crippen LogP contribution in [-0.4, -0.2) is 30.5 Å². The van der Waals surface area contributed by atoms with E-state index >= 15 is 0 Å². The number of hydrogen-bond acceptors (Lipinski definition) is 3. The fraction of sp³-hybridized carbons (Fsp3) is 0.250. The minimum atomic E-state index is 0.0495. The van der Waals surface area contributed by atoms with Gasteiger partial charge in [0.25, 0.3) is 5.91 Å². The van der Waals surface area contributed by atoms with Crippen molar-refractivity contribution in [3.05, 3.63) is 65.9 Å². The Kier molecular flexibility index (Phi) is 3.73. The van der Waals surface area contributed by atoms with E-state index in [1.54, 1.807) is 0 Å². The van der Waals surface area contributed by atoms with E-state index in [4.69, 9.17) is 9.15 Å². The van der Waals surface area contributed by atoms with Crippen LogP contribution in [0.5, 0.6) is 5.75 Å². The number of carbonyl (C=O) groups excluding carboxylic acids is 1. The minimum absolute atomic E-state index is 0.0495. The third-order valence-electron chi connectivity index (χ3n) is 4.46. The molecule has 1 fully saturated rings. The Bertz CT molecular complexity index is 863. The van der Waals surface area contributed by atoms with Crippen LogP contribution in [0.15, 0.2) is 59.0 Å². The van der Waals surface area contributed by atoms with E-state index in [1.807, 2.05) is 66.4 Å². The van der Waals surface area contributed by atoms with Gasteiger partial charge in [-0.3, -0.25) is 4.79 Å². The molecule has 122 valence electrons. The van der Waals surface area contributed by atoms with E-state index in [-0.39, 0.29) is 5.91 Å². The summed E-state index contributed by atoms with van der Waals surface area (Å²) in [5.41, 5.74) is 1.45. The van der Waals surface area contributed by atoms with Gasteiger partial charge in [0.15, 0.2) is 0 Å². The first-order chi connectivity index (χ1) is 11.7. The summed E-state index contributed by atoms with van der Waals surface area (Å²) in [4.78, 5) is 14.6. The number of furan rings is 1. The number of fused-ring (bicyclic) bond motifs is 1. The number of aryl methyl sites for hydroxylation is 1. The fourth-order valence-corrected chi connectivity index (χ4v) is 3.16. The van der Waals surface area contributed by atoms with Crippen molar-refractivity contribution in [1.29, 1.82) is 0 Å². The summed E-state index contributed by atoms with van der Waals surface area (Å²) in [5.74, 6) is 1.99. The van der Waals surface area contributed by atoms with E-state index in [9.17, 15) is 4.79 Å². The predicted molar refractivity (Wildman–Crippen MR) is 92.3 cm³/mol. The summed E-state index contributed by atoms with van der Waals surface area (Å²) in [5, 5.41) is 0.893. The number of benzene rings is 2. The van der Waals surface area contributed by atoms with Crippen LogP contribution in [0, 0.1) is 12.8 Å². The molecule has 1 aromatic heterocycles. The highest BCUT2D eigenvalue weighted by Gasteiger charge is 2.34. The Morgan fingerprint density at radius 2 is 1.83 bits per heavy atom. The second kappa shape index (κ2) is 6.04. The molecule has 0 spiro atoms. The predicted octanol–water partition coefficient (Wildman–Crippen LogP) is 3.89. The standard InChI is InChI=1S/C20H19NO3/c1-14-19(17-9-5-6-10-18(17)24-14)20(22)21-11-15(12-21)13-23-16-7-3-2-4-8-16/h2-10,15H,11-13H2,1H3. The SMILES string of the molecule is Cc1oc2ccccc2c1C(=O)N1CC(COc2ccccc2)C1. The zero-order valence-electron chi connectivity index (χ0n) is 13.6. The van der Waals surface area contributed by atoms with Gasteiger partial charge in [0, 0.05) is 24.4 Å². The van der Waals surface area contributed by atoms with Crippen LogP contribution in [0.25, 0.3) is 11.0 Å². The lowest BCUT2D eigenvalue weighted by Gasteiger charge is -2.39. The molecule has 0 aliphatic carbocycles. The van der Waals surface area contributed by atoms with E-state index in [1.165, 1.54) is 0 Å². The minimum Gasteiger partial charge on any atom is -0.493 e. The van der Waals surface area contributed by atoms with E-state index < -0.39 is 0 Å². The maximum Gasteiger partial charge on any atom is 0.258 e. The van der Waals surface area contributed by atoms with Crippen molar-refractivity contribution >= 4 is 16.9 Å². The lowest BCUT2D eigenvalue weighted by Crippen LogP contribution is -2.52. The van der Waals surface area contributed by atoms with Crippen molar-refractivity contribution in [2.24, 2.45) is 5.92 Å². The summed E-state index contributed by atoms with van der Waals surface area (Å²) in [6, 6.07) is 17.5. The molecule has 2 aromatic carbocycles. The molecule has 4 nitrogen and oxygen atoms in total. The zero-order valence-corrected chi connectivity index (χ0v) is 13.6. The molecular weight excluding hydrogens is 302 g/mol. The van der Waals surface area contributed by atoms with Crippen LogP contribution >= 0.6 is 0 Å². The average Bonchev–Trinajstić information content (AvgIpc) is 2.90. The molecule has 0 saturated carbocycles. The van der Waals surface area contributed by atoms with Crippen LogP contribution in [0.1, 0.15) is 16.1 Å². The van der Waals surface area contributed by atoms with Crippen molar-refractivity contribution in [2.45, 2.75) is 6.92 Å². The van der Waals surface area contributed by atoms with Gasteiger partial charge < -0.3 is 14.1 Å². The molecule has 4 rings (SSSR count). The van der Waals surface area contributed by atoms with Gasteiger partial charge in [0.1, 0.15) is 17.1 Å². The van der Waals surface area contributed by atoms with Crippen LogP contribution < -0.4 is 4.74 Å². The number of ether oxygens (including phenoxy) is 1. The Hall–Kier alpha value is -2.75. The monoisotopic (exact) mass is 321 g/mol. The van der Waals surface area contributed by atoms with Gasteiger partial charge in [-0.15, -0.1) is 0 Å². The quantitative estimate of drug-likeness (QED) is 0.732. The molecule has 24 heavy (non-hydrogen) atoms. The Balaban J connectivity index is 1.39. The molecule has 1 aliphatic rings. The first-order valence-corrected chi connectivity index (χ1v) is 8.17. The molecule has 3 aromatic rings. The maximum absolute atomic E-state index is 12.8. The van der Waals surface area contributed by atoms with E-state index in [0.717, 1.165) is 29.8 Å². The van der Waals surface area contributed by atoms with Crippen molar-refractivity contribution in [3.63, 3.8) is 0 Å². The topological polar surface area (TPSA) is 42.7 Å². The highest BCUT2D eigenvalue weighted by Crippen LogP contribution is 2.29. The Morgan fingerprint density at radius 1 is 1.12 bits per heavy atom. The van der Waals surface area contributed by atoms with Gasteiger partial charge >= 0.3 is 0 Å². The van der Waals surface area contributed by atoms with Gasteiger partial charge in [-0.1, -0.05) is 36.4 Å². The largest absolute Gasteiger partial charge is 0.493 e. The first kappa shape index (κ1) is 14.8. The van der Waals surface area contributed by atoms with Gasteiger partial charge in [0.05, 0.1) is 12.2 Å². The molecule has 1 saturated heterocycles. The number of carbonyl (C=O) groups is 1. The number of hydrogen-bond donors (Lipinski definition) is 0. The fourth-order valence-electron chi connectivity index (χ4n) is 3.16. The molecular formula is C20H19NO3. The first-order valence-electron chi connectivity index (χ1n) is 8.17. The van der Waals surface area contributed by atoms with Crippen LogP contribution in [-0.2, 0) is 0 Å². The number of likely N-dealkylation sites (tertiary alicyclic amines) is 1. The van der Waals surface area contributed by atoms with Gasteiger partial charge in [-0.25, -0.2) is 0 Å². The second-order valence-corrected chi connectivity index (χ2v) is 6.23.